The second-order valence-corrected chi connectivity index (χ2v) is 6.92. The minimum absolute atomic E-state index is 0.184. The Hall–Kier alpha value is -1.87. The van der Waals surface area contributed by atoms with E-state index in [1.807, 2.05) is 6.92 Å². The van der Waals surface area contributed by atoms with Gasteiger partial charge in [0, 0.05) is 5.56 Å². The fraction of sp³-hybridized carbons (Fsp3) is 0.385. The van der Waals surface area contributed by atoms with Crippen molar-refractivity contribution in [2.75, 3.05) is 11.1 Å². The summed E-state index contributed by atoms with van der Waals surface area (Å²) in [7, 11) is 0. The third kappa shape index (κ3) is 4.08. The van der Waals surface area contributed by atoms with Crippen molar-refractivity contribution in [3.63, 3.8) is 0 Å². The molecule has 0 radical (unpaired) electrons. The third-order valence-corrected chi connectivity index (χ3v) is 5.32. The van der Waals surface area contributed by atoms with Gasteiger partial charge in [0.05, 0.1) is 27.8 Å². The number of carbonyl (C=O) groups excluding carboxylic acids is 2. The van der Waals surface area contributed by atoms with Crippen LogP contribution in [0.1, 0.15) is 22.7 Å². The third-order valence-electron chi connectivity index (χ3n) is 2.86. The molecule has 0 aliphatic heterocycles. The topological polar surface area (TPSA) is 111 Å². The first kappa shape index (κ1) is 16.5. The summed E-state index contributed by atoms with van der Waals surface area (Å²) in [4.78, 5) is 27.2. The highest BCUT2D eigenvalue weighted by atomic mass is 32.2. The minimum atomic E-state index is -0.387. The maximum atomic E-state index is 12.1. The van der Waals surface area contributed by atoms with Crippen LogP contribution in [0.25, 0.3) is 0 Å². The highest BCUT2D eigenvalue weighted by Crippen LogP contribution is 2.31. The first-order valence-electron chi connectivity index (χ1n) is 6.47. The summed E-state index contributed by atoms with van der Waals surface area (Å²) < 4.78 is 5.90. The number of thiazole rings is 1. The zero-order valence-electron chi connectivity index (χ0n) is 12.4. The number of hydrogen-bond acceptors (Lipinski definition) is 7. The van der Waals surface area contributed by atoms with E-state index in [1.54, 1.807) is 13.8 Å². The number of nitrogens with one attached hydrogen (secondary N) is 1. The molecule has 0 aromatic carbocycles. The van der Waals surface area contributed by atoms with E-state index in [0.29, 0.717) is 16.6 Å². The molecule has 0 unspecified atom stereocenters. The first-order chi connectivity index (χ1) is 10.4. The molecule has 2 aromatic heterocycles. The largest absolute Gasteiger partial charge is 0.369 e. The lowest BCUT2D eigenvalue weighted by molar-refractivity contribution is -0.116. The number of hydrogen-bond donors (Lipinski definition) is 2. The highest BCUT2D eigenvalue weighted by Gasteiger charge is 2.16. The van der Waals surface area contributed by atoms with Gasteiger partial charge in [-0.25, -0.2) is 4.98 Å². The molecular formula is C13H16N4O3S2. The fourth-order valence-electron chi connectivity index (χ4n) is 1.78. The van der Waals surface area contributed by atoms with Gasteiger partial charge in [0.15, 0.2) is 5.13 Å². The minimum Gasteiger partial charge on any atom is -0.369 e. The number of nitrogens with zero attached hydrogens (tertiary/aromatic N) is 2. The molecule has 9 heteroatoms. The van der Waals surface area contributed by atoms with Gasteiger partial charge in [-0.05, 0) is 20.8 Å². The second kappa shape index (κ2) is 6.93. The average molecular weight is 340 g/mol. The van der Waals surface area contributed by atoms with Crippen LogP contribution >= 0.6 is 23.1 Å². The van der Waals surface area contributed by atoms with E-state index >= 15 is 0 Å². The molecule has 0 bridgehead atoms. The maximum Gasteiger partial charge on any atom is 0.230 e. The summed E-state index contributed by atoms with van der Waals surface area (Å²) in [5, 5.41) is 7.07. The molecule has 0 aliphatic rings. The van der Waals surface area contributed by atoms with Gasteiger partial charge in [-0.1, -0.05) is 16.5 Å². The van der Waals surface area contributed by atoms with E-state index in [2.05, 4.69) is 15.5 Å². The second-order valence-electron chi connectivity index (χ2n) is 4.67. The molecule has 118 valence electrons. The zero-order valence-corrected chi connectivity index (χ0v) is 14.1. The molecule has 2 rings (SSSR count). The molecule has 0 aliphatic carbocycles. The van der Waals surface area contributed by atoms with Crippen LogP contribution in [0, 0.1) is 20.8 Å². The van der Waals surface area contributed by atoms with Crippen LogP contribution in [0.15, 0.2) is 8.73 Å². The van der Waals surface area contributed by atoms with Crippen molar-refractivity contribution in [3.8, 4) is 0 Å². The molecule has 22 heavy (non-hydrogen) atoms. The van der Waals surface area contributed by atoms with E-state index in [1.165, 1.54) is 23.1 Å². The quantitative estimate of drug-likeness (QED) is 0.776. The van der Waals surface area contributed by atoms with Crippen molar-refractivity contribution in [1.29, 1.82) is 0 Å². The summed E-state index contributed by atoms with van der Waals surface area (Å²) in [6.45, 7) is 5.39. The molecule has 0 saturated heterocycles. The van der Waals surface area contributed by atoms with Crippen LogP contribution < -0.4 is 11.1 Å². The predicted molar refractivity (Wildman–Crippen MR) is 85.1 cm³/mol. The SMILES string of the molecule is Cc1nc(NC(=O)Cc2c(C)noc2C)sc1SCC(N)=O. The van der Waals surface area contributed by atoms with Gasteiger partial charge >= 0.3 is 0 Å². The Balaban J connectivity index is 2.00. The van der Waals surface area contributed by atoms with E-state index in [-0.39, 0.29) is 24.0 Å². The van der Waals surface area contributed by atoms with Crippen LogP contribution in [0.3, 0.4) is 0 Å². The van der Waals surface area contributed by atoms with Crippen LogP contribution in [-0.4, -0.2) is 27.7 Å². The summed E-state index contributed by atoms with van der Waals surface area (Å²) in [5.41, 5.74) is 7.38. The number of primary amides is 1. The molecule has 0 fully saturated rings. The van der Waals surface area contributed by atoms with E-state index < -0.39 is 0 Å². The Morgan fingerprint density at radius 3 is 2.64 bits per heavy atom. The molecule has 0 atom stereocenters. The Kier molecular flexibility index (Phi) is 5.19. The van der Waals surface area contributed by atoms with E-state index in [4.69, 9.17) is 10.3 Å². The molecule has 0 spiro atoms. The Labute approximate surface area is 135 Å². The van der Waals surface area contributed by atoms with Crippen LogP contribution in [-0.2, 0) is 16.0 Å². The molecule has 0 saturated carbocycles. The summed E-state index contributed by atoms with van der Waals surface area (Å²) >= 11 is 2.64. The van der Waals surface area contributed by atoms with Gasteiger partial charge in [0.25, 0.3) is 0 Å². The number of thioether (sulfide) groups is 1. The molecular weight excluding hydrogens is 324 g/mol. The smallest absolute Gasteiger partial charge is 0.230 e. The molecule has 7 nitrogen and oxygen atoms in total. The number of nitrogens with two attached hydrogens (primary N) is 1. The number of aryl methyl sites for hydroxylation is 3. The van der Waals surface area contributed by atoms with Crippen molar-refractivity contribution >= 4 is 40.0 Å². The monoisotopic (exact) mass is 340 g/mol. The van der Waals surface area contributed by atoms with Crippen LogP contribution in [0.4, 0.5) is 5.13 Å². The lowest BCUT2D eigenvalue weighted by atomic mass is 10.1. The van der Waals surface area contributed by atoms with Crippen molar-refractivity contribution < 1.29 is 14.1 Å². The predicted octanol–water partition coefficient (Wildman–Crippen LogP) is 1.81. The summed E-state index contributed by atoms with van der Waals surface area (Å²) in [6.07, 6.45) is 0.184. The Morgan fingerprint density at radius 2 is 2.05 bits per heavy atom. The van der Waals surface area contributed by atoms with Crippen LogP contribution in [0.2, 0.25) is 0 Å². The number of amides is 2. The van der Waals surface area contributed by atoms with Crippen molar-refractivity contribution in [1.82, 2.24) is 10.1 Å². The molecule has 3 N–H and O–H groups in total. The number of carbonyl (C=O) groups is 2. The van der Waals surface area contributed by atoms with Gasteiger partial charge in [0.1, 0.15) is 5.76 Å². The molecule has 2 heterocycles. The lowest BCUT2D eigenvalue weighted by Gasteiger charge is -2.01. The maximum absolute atomic E-state index is 12.1. The number of anilines is 1. The fourth-order valence-corrected chi connectivity index (χ4v) is 3.68. The van der Waals surface area contributed by atoms with E-state index in [9.17, 15) is 9.59 Å². The standard InChI is InChI=1S/C13H16N4O3S2/c1-6-9(8(3)20-17-6)4-11(19)16-13-15-7(2)12(22-13)21-5-10(14)18/h4-5H2,1-3H3,(H2,14,18)(H,15,16,19). The van der Waals surface area contributed by atoms with Gasteiger partial charge in [-0.2, -0.15) is 0 Å². The highest BCUT2D eigenvalue weighted by molar-refractivity contribution is 8.01. The van der Waals surface area contributed by atoms with Crippen molar-refractivity contribution in [2.45, 2.75) is 31.4 Å². The van der Waals surface area contributed by atoms with Gasteiger partial charge in [-0.15, -0.1) is 11.8 Å². The normalized spacial score (nSPS) is 10.7. The Morgan fingerprint density at radius 1 is 1.32 bits per heavy atom. The molecule has 2 aromatic rings. The average Bonchev–Trinajstić information content (AvgIpc) is 2.93. The molecule has 2 amide bonds. The lowest BCUT2D eigenvalue weighted by Crippen LogP contribution is -2.15. The zero-order chi connectivity index (χ0) is 16.3. The van der Waals surface area contributed by atoms with Gasteiger partial charge < -0.3 is 15.6 Å². The summed E-state index contributed by atoms with van der Waals surface area (Å²) in [6, 6.07) is 0. The van der Waals surface area contributed by atoms with Gasteiger partial charge in [0.2, 0.25) is 11.8 Å². The summed E-state index contributed by atoms with van der Waals surface area (Å²) in [5.74, 6) is 0.257. The van der Waals surface area contributed by atoms with Crippen molar-refractivity contribution in [2.24, 2.45) is 5.73 Å². The van der Waals surface area contributed by atoms with Crippen molar-refractivity contribution in [3.05, 3.63) is 22.7 Å². The first-order valence-corrected chi connectivity index (χ1v) is 8.27. The number of aromatic nitrogens is 2. The number of rotatable bonds is 6. The Bertz CT molecular complexity index is 689. The van der Waals surface area contributed by atoms with Gasteiger partial charge in [-0.3, -0.25) is 9.59 Å². The van der Waals surface area contributed by atoms with Crippen LogP contribution in [0.5, 0.6) is 0 Å². The van der Waals surface area contributed by atoms with E-state index in [0.717, 1.165) is 15.5 Å².